The molecule has 1 aliphatic carbocycles. The van der Waals surface area contributed by atoms with E-state index in [2.05, 4.69) is 0 Å². The summed E-state index contributed by atoms with van der Waals surface area (Å²) in [7, 11) is 1.87. The lowest BCUT2D eigenvalue weighted by Crippen LogP contribution is -2.32. The van der Waals surface area contributed by atoms with Gasteiger partial charge in [0.2, 0.25) is 5.91 Å². The van der Waals surface area contributed by atoms with E-state index in [1.165, 1.54) is 19.3 Å². The van der Waals surface area contributed by atoms with E-state index in [0.29, 0.717) is 0 Å². The topological polar surface area (TPSA) is 20.3 Å². The lowest BCUT2D eigenvalue weighted by molar-refractivity contribution is -0.133. The lowest BCUT2D eigenvalue weighted by atomic mass is 9.88. The van der Waals surface area contributed by atoms with Gasteiger partial charge in [-0.15, -0.1) is 0 Å². The van der Waals surface area contributed by atoms with E-state index in [0.717, 1.165) is 18.4 Å². The van der Waals surface area contributed by atoms with Gasteiger partial charge in [-0.2, -0.15) is 0 Å². The number of amides is 1. The Morgan fingerprint density at radius 2 is 1.82 bits per heavy atom. The average molecular weight is 230 g/mol. The van der Waals surface area contributed by atoms with E-state index in [-0.39, 0.29) is 11.8 Å². The van der Waals surface area contributed by atoms with E-state index in [1.807, 2.05) is 43.9 Å². The summed E-state index contributed by atoms with van der Waals surface area (Å²) in [5, 5.41) is 0. The molecule has 1 aromatic carbocycles. The molecule has 0 heterocycles. The Bertz CT molecular complexity index is 354. The van der Waals surface area contributed by atoms with Gasteiger partial charge < -0.3 is 4.90 Å². The van der Waals surface area contributed by atoms with Gasteiger partial charge >= 0.3 is 0 Å². The van der Waals surface area contributed by atoms with Crippen LogP contribution in [0.15, 0.2) is 30.3 Å². The Morgan fingerprint density at radius 3 is 2.47 bits per heavy atom. The maximum Gasteiger partial charge on any atom is 0.226 e. The summed E-state index contributed by atoms with van der Waals surface area (Å²) in [6, 6.07) is 10.0. The Labute approximate surface area is 104 Å². The third-order valence-electron chi connectivity index (χ3n) is 3.44. The zero-order valence-electron chi connectivity index (χ0n) is 10.4. The normalized spacial score (nSPS) is 16.8. The minimum atomic E-state index is 0.244. The molecule has 0 bridgehead atoms. The maximum atomic E-state index is 12.2. The number of benzene rings is 1. The van der Waals surface area contributed by atoms with Crippen LogP contribution in [0.25, 0.3) is 0 Å². The summed E-state index contributed by atoms with van der Waals surface area (Å²) in [5.41, 5.74) is 1.08. The molecule has 1 amide bonds. The Morgan fingerprint density at radius 1 is 1.18 bits per heavy atom. The van der Waals surface area contributed by atoms with Crippen molar-refractivity contribution >= 4 is 5.91 Å². The largest absolute Gasteiger partial charge is 0.336 e. The Kier molecular flexibility index (Phi) is 4.18. The van der Waals surface area contributed by atoms with Crippen molar-refractivity contribution in [2.24, 2.45) is 5.92 Å². The second-order valence-electron chi connectivity index (χ2n) is 4.82. The molecule has 17 heavy (non-hydrogen) atoms. The minimum Gasteiger partial charge on any atom is -0.336 e. The molecule has 91 valence electrons. The molecule has 1 aliphatic rings. The summed E-state index contributed by atoms with van der Waals surface area (Å²) in [6.45, 7) is 1.93. The molecular formula is C15H20NO. The molecule has 1 aromatic rings. The van der Waals surface area contributed by atoms with Crippen LogP contribution in [0.3, 0.4) is 0 Å². The van der Waals surface area contributed by atoms with E-state index in [9.17, 15) is 4.79 Å². The van der Waals surface area contributed by atoms with E-state index < -0.39 is 0 Å². The Hall–Kier alpha value is -1.31. The third kappa shape index (κ3) is 3.32. The summed E-state index contributed by atoms with van der Waals surface area (Å²) < 4.78 is 0. The number of carbonyl (C=O) groups excluding carboxylic acids is 1. The van der Waals surface area contributed by atoms with Crippen LogP contribution >= 0.6 is 0 Å². The molecule has 0 saturated heterocycles. The average Bonchev–Trinajstić information content (AvgIpc) is 2.40. The highest BCUT2D eigenvalue weighted by atomic mass is 16.2. The van der Waals surface area contributed by atoms with Crippen LogP contribution < -0.4 is 0 Å². The molecule has 1 radical (unpaired) electrons. The highest BCUT2D eigenvalue weighted by molar-refractivity contribution is 5.79. The number of nitrogens with zero attached hydrogens (tertiary/aromatic N) is 1. The maximum absolute atomic E-state index is 12.2. The second-order valence-corrected chi connectivity index (χ2v) is 4.82. The number of hydrogen-bond acceptors (Lipinski definition) is 1. The van der Waals surface area contributed by atoms with Crippen LogP contribution in [0, 0.1) is 12.5 Å². The molecular weight excluding hydrogens is 210 g/mol. The second kappa shape index (κ2) is 5.85. The first-order valence-electron chi connectivity index (χ1n) is 6.44. The van der Waals surface area contributed by atoms with Crippen molar-refractivity contribution in [1.29, 1.82) is 0 Å². The Balaban J connectivity index is 1.90. The lowest BCUT2D eigenvalue weighted by Gasteiger charge is -2.26. The van der Waals surface area contributed by atoms with Crippen molar-refractivity contribution in [2.45, 2.75) is 32.1 Å². The van der Waals surface area contributed by atoms with Crippen molar-refractivity contribution < 1.29 is 4.79 Å². The summed E-state index contributed by atoms with van der Waals surface area (Å²) in [5.74, 6) is 0.516. The predicted octanol–water partition coefficient (Wildman–Crippen LogP) is 3.24. The molecule has 0 atom stereocenters. The van der Waals surface area contributed by atoms with E-state index >= 15 is 0 Å². The number of rotatable bonds is 3. The quantitative estimate of drug-likeness (QED) is 0.780. The molecule has 0 aromatic heterocycles. The van der Waals surface area contributed by atoms with Gasteiger partial charge in [0, 0.05) is 13.0 Å². The number of carbonyl (C=O) groups is 1. The fourth-order valence-corrected chi connectivity index (χ4v) is 2.46. The van der Waals surface area contributed by atoms with E-state index in [1.54, 1.807) is 4.90 Å². The van der Waals surface area contributed by atoms with Crippen molar-refractivity contribution in [1.82, 2.24) is 4.90 Å². The molecule has 2 nitrogen and oxygen atoms in total. The van der Waals surface area contributed by atoms with Crippen molar-refractivity contribution in [3.8, 4) is 0 Å². The fourth-order valence-electron chi connectivity index (χ4n) is 2.46. The van der Waals surface area contributed by atoms with Crippen LogP contribution in [0.5, 0.6) is 0 Å². The summed E-state index contributed by atoms with van der Waals surface area (Å²) in [4.78, 5) is 14.0. The van der Waals surface area contributed by atoms with Crippen LogP contribution in [0.1, 0.15) is 37.7 Å². The van der Waals surface area contributed by atoms with Gasteiger partial charge in [0.25, 0.3) is 0 Å². The van der Waals surface area contributed by atoms with Gasteiger partial charge in [0.15, 0.2) is 0 Å². The van der Waals surface area contributed by atoms with Gasteiger partial charge in [0.05, 0.1) is 6.54 Å². The monoisotopic (exact) mass is 230 g/mol. The first-order chi connectivity index (χ1) is 8.27. The zero-order chi connectivity index (χ0) is 12.1. The zero-order valence-corrected chi connectivity index (χ0v) is 10.4. The highest BCUT2D eigenvalue weighted by Crippen LogP contribution is 2.25. The molecule has 2 heteroatoms. The molecule has 0 N–H and O–H groups in total. The minimum absolute atomic E-state index is 0.244. The summed E-state index contributed by atoms with van der Waals surface area (Å²) in [6.07, 6.45) is 5.82. The molecule has 1 fully saturated rings. The van der Waals surface area contributed by atoms with Gasteiger partial charge in [0.1, 0.15) is 0 Å². The molecule has 2 rings (SSSR count). The van der Waals surface area contributed by atoms with Gasteiger partial charge in [-0.25, -0.2) is 0 Å². The van der Waals surface area contributed by atoms with E-state index in [4.69, 9.17) is 0 Å². The van der Waals surface area contributed by atoms with Gasteiger partial charge in [-0.1, -0.05) is 49.6 Å². The molecule has 0 unspecified atom stereocenters. The van der Waals surface area contributed by atoms with Crippen LogP contribution in [0.2, 0.25) is 0 Å². The first-order valence-corrected chi connectivity index (χ1v) is 6.44. The van der Waals surface area contributed by atoms with Crippen LogP contribution in [-0.4, -0.2) is 17.9 Å². The van der Waals surface area contributed by atoms with Crippen molar-refractivity contribution in [2.75, 3.05) is 7.05 Å². The smallest absolute Gasteiger partial charge is 0.226 e. The SMILES string of the molecule is CN([CH]c1ccccc1)C(=O)C1CCCCC1. The third-order valence-corrected chi connectivity index (χ3v) is 3.44. The van der Waals surface area contributed by atoms with Crippen LogP contribution in [0.4, 0.5) is 0 Å². The predicted molar refractivity (Wildman–Crippen MR) is 69.2 cm³/mol. The summed E-state index contributed by atoms with van der Waals surface area (Å²) >= 11 is 0. The first kappa shape index (κ1) is 12.2. The van der Waals surface area contributed by atoms with Crippen molar-refractivity contribution in [3.63, 3.8) is 0 Å². The number of hydrogen-bond donors (Lipinski definition) is 0. The van der Waals surface area contributed by atoms with Crippen molar-refractivity contribution in [3.05, 3.63) is 42.4 Å². The van der Waals surface area contributed by atoms with Gasteiger partial charge in [-0.3, -0.25) is 4.79 Å². The molecule has 0 spiro atoms. The van der Waals surface area contributed by atoms with Crippen LogP contribution in [-0.2, 0) is 4.79 Å². The highest BCUT2D eigenvalue weighted by Gasteiger charge is 2.23. The molecule has 1 saturated carbocycles. The molecule has 0 aliphatic heterocycles. The fraction of sp³-hybridized carbons (Fsp3) is 0.467. The van der Waals surface area contributed by atoms with Gasteiger partial charge in [-0.05, 0) is 18.4 Å². The standard InChI is InChI=1S/C15H20NO/c1-16(12-13-8-4-2-5-9-13)15(17)14-10-6-3-7-11-14/h2,4-5,8-9,12,14H,3,6-7,10-11H2,1H3.